The number of aromatic nitrogens is 1. The molecule has 2 aromatic carbocycles. The molecule has 3 aromatic rings. The van der Waals surface area contributed by atoms with Gasteiger partial charge in [-0.05, 0) is 37.8 Å². The van der Waals surface area contributed by atoms with Gasteiger partial charge in [0.25, 0.3) is 0 Å². The number of hydrogen-bond donors (Lipinski definition) is 2. The SMILES string of the molecule is CC(=O)NC(C)c1ccc(-c2csc(NC(=O)CCCc3ccc(C)cc3)n2)cc1. The topological polar surface area (TPSA) is 71.1 Å². The monoisotopic (exact) mass is 421 g/mol. The van der Waals surface area contributed by atoms with Crippen molar-refractivity contribution in [2.24, 2.45) is 0 Å². The largest absolute Gasteiger partial charge is 0.350 e. The van der Waals surface area contributed by atoms with Crippen LogP contribution in [0, 0.1) is 6.92 Å². The van der Waals surface area contributed by atoms with Crippen molar-refractivity contribution in [3.63, 3.8) is 0 Å². The first-order valence-corrected chi connectivity index (χ1v) is 11.0. The second-order valence-electron chi connectivity index (χ2n) is 7.47. The van der Waals surface area contributed by atoms with Gasteiger partial charge in [-0.25, -0.2) is 4.98 Å². The van der Waals surface area contributed by atoms with E-state index >= 15 is 0 Å². The molecule has 0 saturated heterocycles. The van der Waals surface area contributed by atoms with Crippen LogP contribution in [0.1, 0.15) is 49.4 Å². The number of nitrogens with one attached hydrogen (secondary N) is 2. The number of hydrogen-bond acceptors (Lipinski definition) is 4. The second kappa shape index (κ2) is 10.2. The Morgan fingerprint density at radius 1 is 1.07 bits per heavy atom. The van der Waals surface area contributed by atoms with Crippen LogP contribution in [0.4, 0.5) is 5.13 Å². The first-order chi connectivity index (χ1) is 14.4. The van der Waals surface area contributed by atoms with Gasteiger partial charge in [-0.3, -0.25) is 9.59 Å². The molecule has 1 atom stereocenters. The van der Waals surface area contributed by atoms with Crippen LogP contribution in [-0.2, 0) is 16.0 Å². The standard InChI is InChI=1S/C24H27N3O2S/c1-16-7-9-19(10-8-16)5-4-6-23(29)27-24-26-22(15-30-24)21-13-11-20(12-14-21)17(2)25-18(3)28/h7-15,17H,4-6H2,1-3H3,(H,25,28)(H,26,27,29). The molecule has 156 valence electrons. The number of rotatable bonds is 8. The summed E-state index contributed by atoms with van der Waals surface area (Å²) in [5.41, 5.74) is 5.33. The molecular formula is C24H27N3O2S. The molecular weight excluding hydrogens is 394 g/mol. The van der Waals surface area contributed by atoms with Crippen LogP contribution in [0.2, 0.25) is 0 Å². The van der Waals surface area contributed by atoms with E-state index in [0.717, 1.165) is 29.7 Å². The Hall–Kier alpha value is -2.99. The molecule has 0 fully saturated rings. The molecule has 2 N–H and O–H groups in total. The van der Waals surface area contributed by atoms with Crippen LogP contribution in [0.15, 0.2) is 53.9 Å². The second-order valence-corrected chi connectivity index (χ2v) is 8.33. The highest BCUT2D eigenvalue weighted by molar-refractivity contribution is 7.14. The summed E-state index contributed by atoms with van der Waals surface area (Å²) in [5.74, 6) is -0.0622. The van der Waals surface area contributed by atoms with Gasteiger partial charge in [0.15, 0.2) is 5.13 Å². The number of carbonyl (C=O) groups excluding carboxylic acids is 2. The summed E-state index contributed by atoms with van der Waals surface area (Å²) < 4.78 is 0. The van der Waals surface area contributed by atoms with Crippen molar-refractivity contribution in [1.29, 1.82) is 0 Å². The Balaban J connectivity index is 1.51. The molecule has 0 aliphatic rings. The maximum Gasteiger partial charge on any atom is 0.226 e. The lowest BCUT2D eigenvalue weighted by atomic mass is 10.1. The van der Waals surface area contributed by atoms with Crippen LogP contribution in [-0.4, -0.2) is 16.8 Å². The van der Waals surface area contributed by atoms with Crippen LogP contribution in [0.3, 0.4) is 0 Å². The molecule has 0 aliphatic carbocycles. The first kappa shape index (κ1) is 21.7. The van der Waals surface area contributed by atoms with Crippen LogP contribution >= 0.6 is 11.3 Å². The number of nitrogens with zero attached hydrogens (tertiary/aromatic N) is 1. The summed E-state index contributed by atoms with van der Waals surface area (Å²) in [6.45, 7) is 5.53. The van der Waals surface area contributed by atoms with E-state index in [9.17, 15) is 9.59 Å². The molecule has 3 rings (SSSR count). The third-order valence-electron chi connectivity index (χ3n) is 4.87. The Morgan fingerprint density at radius 2 is 1.77 bits per heavy atom. The molecule has 0 radical (unpaired) electrons. The van der Waals surface area contributed by atoms with Gasteiger partial charge in [0.2, 0.25) is 11.8 Å². The molecule has 0 saturated carbocycles. The Bertz CT molecular complexity index is 994. The summed E-state index contributed by atoms with van der Waals surface area (Å²) in [6.07, 6.45) is 2.17. The van der Waals surface area contributed by atoms with Crippen molar-refractivity contribution in [2.75, 3.05) is 5.32 Å². The van der Waals surface area contributed by atoms with E-state index in [1.54, 1.807) is 0 Å². The maximum atomic E-state index is 12.2. The molecule has 0 spiro atoms. The zero-order chi connectivity index (χ0) is 21.5. The van der Waals surface area contributed by atoms with E-state index in [0.29, 0.717) is 11.6 Å². The number of thiazole rings is 1. The molecule has 6 heteroatoms. The Labute approximate surface area is 181 Å². The van der Waals surface area contributed by atoms with Gasteiger partial charge in [-0.1, -0.05) is 54.1 Å². The Kier molecular flexibility index (Phi) is 7.36. The average molecular weight is 422 g/mol. The molecule has 5 nitrogen and oxygen atoms in total. The maximum absolute atomic E-state index is 12.2. The summed E-state index contributed by atoms with van der Waals surface area (Å²) in [5, 5.41) is 8.32. The number of amides is 2. The minimum absolute atomic E-state index is 0.0116. The lowest BCUT2D eigenvalue weighted by molar-refractivity contribution is -0.119. The fraction of sp³-hybridized carbons (Fsp3) is 0.292. The van der Waals surface area contributed by atoms with Gasteiger partial charge in [0.05, 0.1) is 11.7 Å². The highest BCUT2D eigenvalue weighted by Gasteiger charge is 2.10. The third-order valence-corrected chi connectivity index (χ3v) is 5.62. The summed E-state index contributed by atoms with van der Waals surface area (Å²) in [6, 6.07) is 16.3. The fourth-order valence-electron chi connectivity index (χ4n) is 3.18. The highest BCUT2D eigenvalue weighted by Crippen LogP contribution is 2.26. The predicted octanol–water partition coefficient (Wildman–Crippen LogP) is 5.28. The number of benzene rings is 2. The van der Waals surface area contributed by atoms with E-state index in [4.69, 9.17) is 0 Å². The van der Waals surface area contributed by atoms with Gasteiger partial charge in [0.1, 0.15) is 0 Å². The molecule has 1 aromatic heterocycles. The molecule has 30 heavy (non-hydrogen) atoms. The van der Waals surface area contributed by atoms with E-state index in [-0.39, 0.29) is 17.9 Å². The van der Waals surface area contributed by atoms with Crippen molar-refractivity contribution < 1.29 is 9.59 Å². The quantitative estimate of drug-likeness (QED) is 0.520. The number of carbonyl (C=O) groups is 2. The Morgan fingerprint density at radius 3 is 2.43 bits per heavy atom. The number of aryl methyl sites for hydroxylation is 2. The lowest BCUT2D eigenvalue weighted by Gasteiger charge is -2.13. The lowest BCUT2D eigenvalue weighted by Crippen LogP contribution is -2.23. The minimum Gasteiger partial charge on any atom is -0.350 e. The minimum atomic E-state index is -0.0506. The molecule has 0 bridgehead atoms. The van der Waals surface area contributed by atoms with Crippen molar-refractivity contribution in [2.45, 2.75) is 46.1 Å². The first-order valence-electron chi connectivity index (χ1n) is 10.1. The van der Waals surface area contributed by atoms with Crippen molar-refractivity contribution >= 4 is 28.3 Å². The van der Waals surface area contributed by atoms with Gasteiger partial charge in [0, 0.05) is 24.3 Å². The smallest absolute Gasteiger partial charge is 0.226 e. The summed E-state index contributed by atoms with van der Waals surface area (Å²) >= 11 is 1.42. The molecule has 1 heterocycles. The van der Waals surface area contributed by atoms with Gasteiger partial charge in [-0.15, -0.1) is 11.3 Å². The summed E-state index contributed by atoms with van der Waals surface area (Å²) in [7, 11) is 0. The highest BCUT2D eigenvalue weighted by atomic mass is 32.1. The molecule has 0 aliphatic heterocycles. The van der Waals surface area contributed by atoms with Gasteiger partial charge < -0.3 is 10.6 Å². The predicted molar refractivity (Wildman–Crippen MR) is 123 cm³/mol. The van der Waals surface area contributed by atoms with Crippen molar-refractivity contribution in [1.82, 2.24) is 10.3 Å². The van der Waals surface area contributed by atoms with E-state index in [2.05, 4.69) is 46.8 Å². The zero-order valence-electron chi connectivity index (χ0n) is 17.6. The normalized spacial score (nSPS) is 11.7. The fourth-order valence-corrected chi connectivity index (χ4v) is 3.92. The zero-order valence-corrected chi connectivity index (χ0v) is 18.4. The average Bonchev–Trinajstić information content (AvgIpc) is 3.17. The van der Waals surface area contributed by atoms with E-state index in [1.165, 1.54) is 29.4 Å². The van der Waals surface area contributed by atoms with Crippen molar-refractivity contribution in [3.05, 3.63) is 70.6 Å². The third kappa shape index (κ3) is 6.26. The van der Waals surface area contributed by atoms with Crippen LogP contribution in [0.25, 0.3) is 11.3 Å². The van der Waals surface area contributed by atoms with Crippen molar-refractivity contribution in [3.8, 4) is 11.3 Å². The van der Waals surface area contributed by atoms with Gasteiger partial charge in [-0.2, -0.15) is 0 Å². The van der Waals surface area contributed by atoms with E-state index in [1.807, 2.05) is 36.6 Å². The van der Waals surface area contributed by atoms with Gasteiger partial charge >= 0.3 is 0 Å². The molecule has 1 unspecified atom stereocenters. The molecule has 2 amide bonds. The summed E-state index contributed by atoms with van der Waals surface area (Å²) in [4.78, 5) is 28.0. The van der Waals surface area contributed by atoms with Crippen LogP contribution in [0.5, 0.6) is 0 Å². The van der Waals surface area contributed by atoms with Crippen LogP contribution < -0.4 is 10.6 Å². The van der Waals surface area contributed by atoms with E-state index < -0.39 is 0 Å². The number of anilines is 1.